The first kappa shape index (κ1) is 13.4. The summed E-state index contributed by atoms with van der Waals surface area (Å²) in [6, 6.07) is 7.89. The van der Waals surface area contributed by atoms with Crippen LogP contribution in [0.1, 0.15) is 41.8 Å². The van der Waals surface area contributed by atoms with Gasteiger partial charge < -0.3 is 9.73 Å². The Morgan fingerprint density at radius 1 is 1.30 bits per heavy atom. The molecule has 3 heteroatoms. The molecule has 1 aliphatic rings. The van der Waals surface area contributed by atoms with Crippen LogP contribution >= 0.6 is 0 Å². The smallest absolute Gasteiger partial charge is 0.198 e. The van der Waals surface area contributed by atoms with Crippen LogP contribution in [0.15, 0.2) is 28.7 Å². The van der Waals surface area contributed by atoms with Crippen LogP contribution < -0.4 is 5.32 Å². The second-order valence-corrected chi connectivity index (χ2v) is 5.81. The van der Waals surface area contributed by atoms with Crippen molar-refractivity contribution in [2.75, 3.05) is 13.1 Å². The molecule has 0 saturated carbocycles. The molecule has 2 aromatic rings. The Morgan fingerprint density at radius 3 is 2.90 bits per heavy atom. The maximum absolute atomic E-state index is 12.2. The third kappa shape index (κ3) is 2.93. The number of nitrogens with one attached hydrogen (secondary N) is 1. The van der Waals surface area contributed by atoms with Gasteiger partial charge >= 0.3 is 0 Å². The van der Waals surface area contributed by atoms with Gasteiger partial charge in [-0.25, -0.2) is 0 Å². The molecule has 1 N–H and O–H groups in total. The normalized spacial score (nSPS) is 16.6. The van der Waals surface area contributed by atoms with Gasteiger partial charge in [0.25, 0.3) is 0 Å². The lowest BCUT2D eigenvalue weighted by atomic mass is 9.92. The number of carbonyl (C=O) groups is 1. The Bertz CT molecular complexity index is 608. The highest BCUT2D eigenvalue weighted by atomic mass is 16.3. The summed E-state index contributed by atoms with van der Waals surface area (Å²) in [7, 11) is 0. The molecule has 2 heterocycles. The number of hydrogen-bond donors (Lipinski definition) is 1. The molecule has 3 nitrogen and oxygen atoms in total. The molecule has 1 fully saturated rings. The van der Waals surface area contributed by atoms with E-state index in [1.165, 1.54) is 18.4 Å². The van der Waals surface area contributed by atoms with E-state index in [1.807, 2.05) is 25.1 Å². The number of rotatable bonds is 4. The number of hydrogen-bond acceptors (Lipinski definition) is 3. The van der Waals surface area contributed by atoms with Gasteiger partial charge in [-0.2, -0.15) is 0 Å². The second kappa shape index (κ2) is 5.80. The molecule has 1 saturated heterocycles. The van der Waals surface area contributed by atoms with E-state index in [9.17, 15) is 4.79 Å². The first-order valence-corrected chi connectivity index (χ1v) is 7.46. The van der Waals surface area contributed by atoms with E-state index in [0.29, 0.717) is 18.1 Å². The van der Waals surface area contributed by atoms with Gasteiger partial charge in [0.1, 0.15) is 5.58 Å². The number of carbonyl (C=O) groups excluding carboxylic acids is 1. The highest BCUT2D eigenvalue weighted by Gasteiger charge is 2.17. The summed E-state index contributed by atoms with van der Waals surface area (Å²) in [5, 5.41) is 4.38. The average Bonchev–Trinajstić information content (AvgIpc) is 2.89. The maximum Gasteiger partial charge on any atom is 0.198 e. The highest BCUT2D eigenvalue weighted by Crippen LogP contribution is 2.24. The van der Waals surface area contributed by atoms with E-state index >= 15 is 0 Å². The summed E-state index contributed by atoms with van der Waals surface area (Å²) in [6.07, 6.45) is 3.96. The predicted octanol–water partition coefficient (Wildman–Crippen LogP) is 3.70. The molecular weight excluding hydrogens is 250 g/mol. The molecule has 3 rings (SSSR count). The van der Waals surface area contributed by atoms with Crippen molar-refractivity contribution >= 4 is 16.8 Å². The molecule has 1 aromatic carbocycles. The SMILES string of the molecule is Cc1ccc2oc(C(=O)CCC3CCNCC3)cc2c1. The minimum Gasteiger partial charge on any atom is -0.453 e. The van der Waals surface area contributed by atoms with E-state index in [-0.39, 0.29) is 5.78 Å². The standard InChI is InChI=1S/C17H21NO2/c1-12-2-5-16-14(10-12)11-17(20-16)15(19)4-3-13-6-8-18-9-7-13/h2,5,10-11,13,18H,3-4,6-9H2,1H3. The number of benzene rings is 1. The minimum absolute atomic E-state index is 0.136. The number of ketones is 1. The molecule has 20 heavy (non-hydrogen) atoms. The van der Waals surface area contributed by atoms with Gasteiger partial charge in [-0.1, -0.05) is 11.6 Å². The van der Waals surface area contributed by atoms with Gasteiger partial charge in [0, 0.05) is 11.8 Å². The van der Waals surface area contributed by atoms with Crippen LogP contribution in [0.25, 0.3) is 11.0 Å². The number of Topliss-reactive ketones (excluding diaryl/α,β-unsaturated/α-hetero) is 1. The molecule has 0 bridgehead atoms. The lowest BCUT2D eigenvalue weighted by Crippen LogP contribution is -2.27. The van der Waals surface area contributed by atoms with Crippen molar-refractivity contribution in [3.8, 4) is 0 Å². The average molecular weight is 271 g/mol. The van der Waals surface area contributed by atoms with Gasteiger partial charge in [-0.3, -0.25) is 4.79 Å². The predicted molar refractivity (Wildman–Crippen MR) is 80.1 cm³/mol. The van der Waals surface area contributed by atoms with Gasteiger partial charge in [-0.05, 0) is 63.4 Å². The molecule has 1 aromatic heterocycles. The minimum atomic E-state index is 0.136. The zero-order valence-corrected chi connectivity index (χ0v) is 11.9. The van der Waals surface area contributed by atoms with Gasteiger partial charge in [0.15, 0.2) is 11.5 Å². The van der Waals surface area contributed by atoms with Crippen molar-refractivity contribution < 1.29 is 9.21 Å². The fraction of sp³-hybridized carbons (Fsp3) is 0.471. The summed E-state index contributed by atoms with van der Waals surface area (Å²) in [6.45, 7) is 4.22. The van der Waals surface area contributed by atoms with Gasteiger partial charge in [0.05, 0.1) is 0 Å². The molecule has 0 radical (unpaired) electrons. The second-order valence-electron chi connectivity index (χ2n) is 5.81. The molecule has 0 amide bonds. The molecule has 0 atom stereocenters. The van der Waals surface area contributed by atoms with Crippen LogP contribution in [-0.4, -0.2) is 18.9 Å². The Kier molecular flexibility index (Phi) is 3.88. The summed E-state index contributed by atoms with van der Waals surface area (Å²) >= 11 is 0. The fourth-order valence-corrected chi connectivity index (χ4v) is 2.93. The van der Waals surface area contributed by atoms with Crippen molar-refractivity contribution in [1.82, 2.24) is 5.32 Å². The van der Waals surface area contributed by atoms with Crippen LogP contribution in [0.4, 0.5) is 0 Å². The first-order valence-electron chi connectivity index (χ1n) is 7.46. The largest absolute Gasteiger partial charge is 0.453 e. The number of aryl methyl sites for hydroxylation is 1. The Labute approximate surface area is 119 Å². The molecule has 0 spiro atoms. The quantitative estimate of drug-likeness (QED) is 0.862. The number of furan rings is 1. The van der Waals surface area contributed by atoms with Crippen molar-refractivity contribution in [2.24, 2.45) is 5.92 Å². The lowest BCUT2D eigenvalue weighted by Gasteiger charge is -2.21. The Hall–Kier alpha value is -1.61. The summed E-state index contributed by atoms with van der Waals surface area (Å²) in [5.74, 6) is 1.34. The molecular formula is C17H21NO2. The van der Waals surface area contributed by atoms with Crippen molar-refractivity contribution in [1.29, 1.82) is 0 Å². The van der Waals surface area contributed by atoms with Crippen molar-refractivity contribution in [3.05, 3.63) is 35.6 Å². The van der Waals surface area contributed by atoms with Crippen LogP contribution in [-0.2, 0) is 0 Å². The van der Waals surface area contributed by atoms with Crippen molar-refractivity contribution in [2.45, 2.75) is 32.6 Å². The summed E-state index contributed by atoms with van der Waals surface area (Å²) in [4.78, 5) is 12.2. The van der Waals surface area contributed by atoms with Crippen LogP contribution in [0.2, 0.25) is 0 Å². The summed E-state index contributed by atoms with van der Waals surface area (Å²) in [5.41, 5.74) is 1.99. The van der Waals surface area contributed by atoms with E-state index in [2.05, 4.69) is 11.4 Å². The molecule has 1 aliphatic heterocycles. The van der Waals surface area contributed by atoms with Gasteiger partial charge in [-0.15, -0.1) is 0 Å². The van der Waals surface area contributed by atoms with Crippen LogP contribution in [0, 0.1) is 12.8 Å². The highest BCUT2D eigenvalue weighted by molar-refractivity contribution is 5.97. The third-order valence-electron chi connectivity index (χ3n) is 4.18. The number of piperidine rings is 1. The maximum atomic E-state index is 12.2. The van der Waals surface area contributed by atoms with E-state index in [4.69, 9.17) is 4.42 Å². The zero-order chi connectivity index (χ0) is 13.9. The third-order valence-corrected chi connectivity index (χ3v) is 4.18. The lowest BCUT2D eigenvalue weighted by molar-refractivity contribution is 0.0946. The molecule has 0 aliphatic carbocycles. The van der Waals surface area contributed by atoms with Crippen LogP contribution in [0.3, 0.4) is 0 Å². The fourth-order valence-electron chi connectivity index (χ4n) is 2.93. The summed E-state index contributed by atoms with van der Waals surface area (Å²) < 4.78 is 5.66. The zero-order valence-electron chi connectivity index (χ0n) is 11.9. The monoisotopic (exact) mass is 271 g/mol. The topological polar surface area (TPSA) is 42.2 Å². The van der Waals surface area contributed by atoms with Crippen LogP contribution in [0.5, 0.6) is 0 Å². The van der Waals surface area contributed by atoms with Gasteiger partial charge in [0.2, 0.25) is 0 Å². The first-order chi connectivity index (χ1) is 9.72. The number of fused-ring (bicyclic) bond motifs is 1. The van der Waals surface area contributed by atoms with E-state index in [1.54, 1.807) is 0 Å². The Balaban J connectivity index is 1.65. The molecule has 106 valence electrons. The van der Waals surface area contributed by atoms with E-state index in [0.717, 1.165) is 30.5 Å². The van der Waals surface area contributed by atoms with Crippen molar-refractivity contribution in [3.63, 3.8) is 0 Å². The van der Waals surface area contributed by atoms with E-state index < -0.39 is 0 Å². The molecule has 0 unspecified atom stereocenters. The Morgan fingerprint density at radius 2 is 2.10 bits per heavy atom.